The first-order valence-corrected chi connectivity index (χ1v) is 13.4. The Bertz CT molecular complexity index is 1620. The molecule has 1 amide bonds. The molecule has 0 spiro atoms. The molecule has 1 aliphatic rings. The van der Waals surface area contributed by atoms with Gasteiger partial charge in [-0.3, -0.25) is 4.79 Å². The smallest absolute Gasteiger partial charge is 0.416 e. The van der Waals surface area contributed by atoms with Crippen molar-refractivity contribution >= 4 is 30.2 Å². The molecule has 2 aromatic carbocycles. The highest BCUT2D eigenvalue weighted by atomic mass is 19.4. The highest BCUT2D eigenvalue weighted by molar-refractivity contribution is 5.78. The van der Waals surface area contributed by atoms with E-state index in [1.165, 1.54) is 42.9 Å². The van der Waals surface area contributed by atoms with Crippen molar-refractivity contribution in [1.82, 2.24) is 14.9 Å². The average molecular weight is 618 g/mol. The van der Waals surface area contributed by atoms with Crippen LogP contribution in [-0.2, 0) is 34.9 Å². The topological polar surface area (TPSA) is 81.6 Å². The van der Waals surface area contributed by atoms with Crippen LogP contribution in [0.2, 0.25) is 0 Å². The molecular weight excluding hydrogens is 592 g/mol. The number of likely N-dealkylation sites (tertiary alicyclic amines) is 1. The molecule has 1 aliphatic heterocycles. The highest BCUT2D eigenvalue weighted by Gasteiger charge is 2.31. The number of hydrogen-bond acceptors (Lipinski definition) is 6. The van der Waals surface area contributed by atoms with Crippen molar-refractivity contribution in [2.45, 2.75) is 37.9 Å². The number of amides is 1. The van der Waals surface area contributed by atoms with Crippen LogP contribution < -0.4 is 0 Å². The largest absolute Gasteiger partial charge is 0.445 e. The zero-order valence-corrected chi connectivity index (χ0v) is 22.9. The minimum atomic E-state index is -4.40. The fourth-order valence-electron chi connectivity index (χ4n) is 4.41. The van der Waals surface area contributed by atoms with Gasteiger partial charge in [-0.2, -0.15) is 26.3 Å². The van der Waals surface area contributed by atoms with Crippen LogP contribution in [-0.4, -0.2) is 40.0 Å². The molecule has 0 radical (unpaired) electrons. The molecule has 2 aromatic heterocycles. The number of carbonyl (C=O) groups is 1. The van der Waals surface area contributed by atoms with Gasteiger partial charge in [-0.05, 0) is 54.0 Å². The highest BCUT2D eigenvalue weighted by Crippen LogP contribution is 2.30. The van der Waals surface area contributed by atoms with E-state index in [1.54, 1.807) is 23.1 Å². The second kappa shape index (κ2) is 12.9. The van der Waals surface area contributed by atoms with E-state index in [0.717, 1.165) is 24.3 Å². The van der Waals surface area contributed by atoms with Crippen molar-refractivity contribution < 1.29 is 44.7 Å². The minimum Gasteiger partial charge on any atom is -0.445 e. The van der Waals surface area contributed by atoms with Gasteiger partial charge in [0.05, 0.1) is 36.0 Å². The summed E-state index contributed by atoms with van der Waals surface area (Å²) >= 11 is 0. The van der Waals surface area contributed by atoms with Gasteiger partial charge in [-0.15, -0.1) is 0 Å². The van der Waals surface area contributed by atoms with Crippen molar-refractivity contribution in [1.29, 1.82) is 0 Å². The van der Waals surface area contributed by atoms with Crippen LogP contribution in [0.1, 0.15) is 51.8 Å². The summed E-state index contributed by atoms with van der Waals surface area (Å²) in [7, 11) is 0. The molecule has 13 heteroatoms. The Kier molecular flexibility index (Phi) is 9.04. The second-order valence-electron chi connectivity index (χ2n) is 10.00. The van der Waals surface area contributed by atoms with Crippen LogP contribution in [0.25, 0.3) is 24.3 Å². The molecule has 0 N–H and O–H groups in total. The molecule has 230 valence electrons. The lowest BCUT2D eigenvalue weighted by Crippen LogP contribution is -2.31. The number of benzene rings is 2. The third kappa shape index (κ3) is 8.25. The van der Waals surface area contributed by atoms with Gasteiger partial charge < -0.3 is 18.5 Å². The summed E-state index contributed by atoms with van der Waals surface area (Å²) in [5.41, 5.74) is 0.579. The summed E-state index contributed by atoms with van der Waals surface area (Å²) in [4.78, 5) is 23.0. The predicted molar refractivity (Wildman–Crippen MR) is 147 cm³/mol. The number of aromatic nitrogens is 2. The maximum absolute atomic E-state index is 12.8. The summed E-state index contributed by atoms with van der Waals surface area (Å²) in [6.07, 6.45) is 0.635. The zero-order valence-electron chi connectivity index (χ0n) is 22.9. The van der Waals surface area contributed by atoms with Crippen molar-refractivity contribution in [2.24, 2.45) is 0 Å². The third-order valence-corrected chi connectivity index (χ3v) is 6.75. The maximum Gasteiger partial charge on any atom is 0.416 e. The molecule has 1 atom stereocenters. The van der Waals surface area contributed by atoms with Gasteiger partial charge in [-0.1, -0.05) is 24.3 Å². The van der Waals surface area contributed by atoms with E-state index in [0.29, 0.717) is 42.0 Å². The Balaban J connectivity index is 1.05. The van der Waals surface area contributed by atoms with Gasteiger partial charge in [-0.25, -0.2) is 9.97 Å². The fraction of sp³-hybridized carbons (Fsp3) is 0.258. The molecule has 1 fully saturated rings. The van der Waals surface area contributed by atoms with Gasteiger partial charge in [0.15, 0.2) is 0 Å². The summed E-state index contributed by atoms with van der Waals surface area (Å²) in [5.74, 6) is 0.337. The number of carbonyl (C=O) groups excluding carboxylic acids is 1. The van der Waals surface area contributed by atoms with Crippen molar-refractivity contribution in [3.8, 4) is 0 Å². The molecule has 1 unspecified atom stereocenters. The Morgan fingerprint density at radius 1 is 0.795 bits per heavy atom. The summed E-state index contributed by atoms with van der Waals surface area (Å²) in [5, 5.41) is 0. The number of nitrogens with zero attached hydrogens (tertiary/aromatic N) is 3. The molecule has 7 nitrogen and oxygen atoms in total. The Labute approximate surface area is 247 Å². The number of hydrogen-bond donors (Lipinski definition) is 0. The van der Waals surface area contributed by atoms with E-state index in [9.17, 15) is 31.1 Å². The van der Waals surface area contributed by atoms with Crippen LogP contribution in [0, 0.1) is 0 Å². The van der Waals surface area contributed by atoms with E-state index in [-0.39, 0.29) is 36.8 Å². The third-order valence-electron chi connectivity index (χ3n) is 6.75. The lowest BCUT2D eigenvalue weighted by molar-refractivity contribution is -0.138. The first-order valence-electron chi connectivity index (χ1n) is 13.4. The van der Waals surface area contributed by atoms with Crippen molar-refractivity contribution in [2.75, 3.05) is 13.1 Å². The van der Waals surface area contributed by atoms with Crippen molar-refractivity contribution in [3.63, 3.8) is 0 Å². The van der Waals surface area contributed by atoms with E-state index in [4.69, 9.17) is 13.6 Å². The van der Waals surface area contributed by atoms with E-state index in [1.807, 2.05) is 0 Å². The van der Waals surface area contributed by atoms with E-state index >= 15 is 0 Å². The number of rotatable bonds is 9. The summed E-state index contributed by atoms with van der Waals surface area (Å²) in [6.45, 7) is 1.04. The predicted octanol–water partition coefficient (Wildman–Crippen LogP) is 7.40. The van der Waals surface area contributed by atoms with E-state index < -0.39 is 23.5 Å². The molecule has 0 saturated carbocycles. The number of halogens is 6. The normalized spacial score (nSPS) is 16.0. The molecule has 0 bridgehead atoms. The maximum atomic E-state index is 12.8. The Hall–Kier alpha value is -4.65. The lowest BCUT2D eigenvalue weighted by Gasteiger charge is -2.15. The van der Waals surface area contributed by atoms with Gasteiger partial charge in [0.2, 0.25) is 17.7 Å². The molecule has 4 aromatic rings. The number of ether oxygens (including phenoxy) is 1. The van der Waals surface area contributed by atoms with Crippen LogP contribution in [0.3, 0.4) is 0 Å². The van der Waals surface area contributed by atoms with Gasteiger partial charge >= 0.3 is 12.4 Å². The summed E-state index contributed by atoms with van der Waals surface area (Å²) < 4.78 is 92.9. The average Bonchev–Trinajstić information content (AvgIpc) is 3.75. The quantitative estimate of drug-likeness (QED) is 0.182. The van der Waals surface area contributed by atoms with Crippen LogP contribution >= 0.6 is 0 Å². The first-order chi connectivity index (χ1) is 20.9. The Morgan fingerprint density at radius 3 is 1.82 bits per heavy atom. The fourth-order valence-corrected chi connectivity index (χ4v) is 4.41. The minimum absolute atomic E-state index is 0.0161. The summed E-state index contributed by atoms with van der Waals surface area (Å²) in [6, 6.07) is 9.36. The van der Waals surface area contributed by atoms with Gasteiger partial charge in [0.1, 0.15) is 18.2 Å². The standard InChI is InChI=1S/C31H25F6N3O4/c32-30(33,34)22-7-1-20(2-8-22)5-11-27-38-24(17-43-27)15-29(41)40-14-13-26(16-40)42-18-25-19-44-28(39-25)12-6-21-3-9-23(10-4-21)31(35,36)37/h1-12,17,19,26H,13-16,18H2/b11-5+,12-6+. The molecule has 1 saturated heterocycles. The van der Waals surface area contributed by atoms with Crippen LogP contribution in [0.5, 0.6) is 0 Å². The second-order valence-corrected chi connectivity index (χ2v) is 10.00. The zero-order chi connectivity index (χ0) is 31.3. The van der Waals surface area contributed by atoms with Gasteiger partial charge in [0.25, 0.3) is 0 Å². The number of oxazole rings is 2. The SMILES string of the molecule is O=C(Cc1coc(/C=C/c2ccc(C(F)(F)F)cc2)n1)N1CCC(OCc2coc(/C=C/c3ccc(C(F)(F)F)cc3)n2)C1. The van der Waals surface area contributed by atoms with Crippen LogP contribution in [0.15, 0.2) is 69.9 Å². The first kappa shape index (κ1) is 30.8. The molecule has 3 heterocycles. The lowest BCUT2D eigenvalue weighted by atomic mass is 10.1. The van der Waals surface area contributed by atoms with Gasteiger partial charge in [0, 0.05) is 25.2 Å². The molecule has 44 heavy (non-hydrogen) atoms. The monoisotopic (exact) mass is 617 g/mol. The molecular formula is C31H25F6N3O4. The molecule has 5 rings (SSSR count). The van der Waals surface area contributed by atoms with E-state index in [2.05, 4.69) is 9.97 Å². The van der Waals surface area contributed by atoms with Crippen molar-refractivity contribution in [3.05, 3.63) is 106 Å². The Morgan fingerprint density at radius 2 is 1.30 bits per heavy atom. The number of alkyl halides is 6. The van der Waals surface area contributed by atoms with Crippen LogP contribution in [0.4, 0.5) is 26.3 Å². The molecule has 0 aliphatic carbocycles.